The highest BCUT2D eigenvalue weighted by Gasteiger charge is 2.45. The van der Waals surface area contributed by atoms with Crippen molar-refractivity contribution in [3.8, 4) is 6.07 Å². The quantitative estimate of drug-likeness (QED) is 0.586. The van der Waals surface area contributed by atoms with Crippen LogP contribution in [-0.2, 0) is 14.4 Å². The minimum Gasteiger partial charge on any atom is -0.336 e. The average Bonchev–Trinajstić information content (AvgIpc) is 2.71. The topological polar surface area (TPSA) is 111 Å². The molecule has 1 saturated carbocycles. The van der Waals surface area contributed by atoms with Gasteiger partial charge in [0.15, 0.2) is 0 Å². The van der Waals surface area contributed by atoms with E-state index in [9.17, 15) is 24.4 Å². The van der Waals surface area contributed by atoms with Crippen LogP contribution in [0, 0.1) is 11.3 Å². The van der Waals surface area contributed by atoms with Gasteiger partial charge in [0.05, 0.1) is 6.07 Å². The van der Waals surface area contributed by atoms with Crippen LogP contribution in [0.4, 0.5) is 4.79 Å². The van der Waals surface area contributed by atoms with Crippen molar-refractivity contribution in [3.05, 3.63) is 0 Å². The second kappa shape index (κ2) is 6.13. The van der Waals surface area contributed by atoms with Gasteiger partial charge in [-0.1, -0.05) is 19.3 Å². The summed E-state index contributed by atoms with van der Waals surface area (Å²) in [6, 6.07) is 1.34. The summed E-state index contributed by atoms with van der Waals surface area (Å²) in [7, 11) is 0. The van der Waals surface area contributed by atoms with Gasteiger partial charge >= 0.3 is 17.8 Å². The number of carbonyl (C=O) groups excluding carboxylic acids is 4. The van der Waals surface area contributed by atoms with E-state index in [1.165, 1.54) is 0 Å². The lowest BCUT2D eigenvalue weighted by Crippen LogP contribution is -2.52. The highest BCUT2D eigenvalue weighted by molar-refractivity contribution is 6.45. The zero-order valence-electron chi connectivity index (χ0n) is 12.4. The largest absolute Gasteiger partial charge is 0.336 e. The number of hydrogen-bond donors (Lipinski definition) is 1. The smallest absolute Gasteiger partial charge is 0.334 e. The summed E-state index contributed by atoms with van der Waals surface area (Å²) in [5, 5.41) is 11.9. The van der Waals surface area contributed by atoms with Crippen molar-refractivity contribution in [3.63, 3.8) is 0 Å². The fourth-order valence-corrected chi connectivity index (χ4v) is 2.84. The molecule has 0 bridgehead atoms. The minimum absolute atomic E-state index is 0.0731. The molecule has 0 aromatic heterocycles. The van der Waals surface area contributed by atoms with Crippen LogP contribution >= 0.6 is 0 Å². The molecule has 0 radical (unpaired) electrons. The molecule has 2 rings (SSSR count). The molecule has 2 fully saturated rings. The van der Waals surface area contributed by atoms with Gasteiger partial charge in [0, 0.05) is 6.54 Å². The normalized spacial score (nSPS) is 21.0. The first-order valence-electron chi connectivity index (χ1n) is 7.33. The van der Waals surface area contributed by atoms with Gasteiger partial charge in [0.2, 0.25) is 5.91 Å². The molecule has 1 aliphatic carbocycles. The number of urea groups is 1. The van der Waals surface area contributed by atoms with E-state index in [0.29, 0.717) is 17.7 Å². The Balaban J connectivity index is 2.03. The number of rotatable bonds is 4. The molecule has 8 heteroatoms. The number of nitriles is 1. The van der Waals surface area contributed by atoms with Crippen LogP contribution in [0.25, 0.3) is 0 Å². The fraction of sp³-hybridized carbons (Fsp3) is 0.643. The zero-order valence-corrected chi connectivity index (χ0v) is 12.4. The summed E-state index contributed by atoms with van der Waals surface area (Å²) in [6.07, 6.45) is 3.81. The second-order valence-electron chi connectivity index (χ2n) is 5.53. The molecule has 0 aromatic rings. The van der Waals surface area contributed by atoms with Crippen LogP contribution in [0.15, 0.2) is 0 Å². The Kier molecular flexibility index (Phi) is 4.45. The summed E-state index contributed by atoms with van der Waals surface area (Å²) in [5.74, 6) is -2.53. The van der Waals surface area contributed by atoms with Gasteiger partial charge in [-0.2, -0.15) is 5.26 Å². The Labute approximate surface area is 128 Å². The Morgan fingerprint density at radius 1 is 1.18 bits per heavy atom. The Morgan fingerprint density at radius 3 is 2.27 bits per heavy atom. The van der Waals surface area contributed by atoms with Gasteiger partial charge in [0.1, 0.15) is 12.1 Å². The average molecular weight is 306 g/mol. The van der Waals surface area contributed by atoms with E-state index >= 15 is 0 Å². The van der Waals surface area contributed by atoms with E-state index in [-0.39, 0.29) is 6.54 Å². The number of likely N-dealkylation sites (N-methyl/N-ethyl adjacent to an activating group) is 1. The van der Waals surface area contributed by atoms with Crippen molar-refractivity contribution in [2.45, 2.75) is 44.6 Å². The number of carbonyl (C=O) groups is 4. The van der Waals surface area contributed by atoms with E-state index in [1.54, 1.807) is 6.92 Å². The van der Waals surface area contributed by atoms with Crippen LogP contribution < -0.4 is 5.32 Å². The van der Waals surface area contributed by atoms with E-state index in [0.717, 1.165) is 24.2 Å². The van der Waals surface area contributed by atoms with Crippen LogP contribution in [0.5, 0.6) is 0 Å². The maximum atomic E-state index is 12.1. The molecule has 0 spiro atoms. The van der Waals surface area contributed by atoms with E-state index in [2.05, 4.69) is 11.4 Å². The molecule has 1 saturated heterocycles. The molecule has 2 aliphatic rings. The van der Waals surface area contributed by atoms with Crippen LogP contribution in [-0.4, -0.2) is 52.2 Å². The molecule has 1 heterocycles. The second-order valence-corrected chi connectivity index (χ2v) is 5.53. The molecule has 1 N–H and O–H groups in total. The molecule has 22 heavy (non-hydrogen) atoms. The predicted molar refractivity (Wildman–Crippen MR) is 74.1 cm³/mol. The van der Waals surface area contributed by atoms with Gasteiger partial charge in [-0.05, 0) is 19.8 Å². The van der Waals surface area contributed by atoms with Crippen molar-refractivity contribution in [2.75, 3.05) is 13.1 Å². The predicted octanol–water partition coefficient (Wildman–Crippen LogP) is 0.140. The first kappa shape index (κ1) is 15.9. The van der Waals surface area contributed by atoms with Crippen molar-refractivity contribution in [1.29, 1.82) is 5.26 Å². The summed E-state index contributed by atoms with van der Waals surface area (Å²) < 4.78 is 0. The fourth-order valence-electron chi connectivity index (χ4n) is 2.84. The number of imide groups is 2. The van der Waals surface area contributed by atoms with Crippen molar-refractivity contribution in [2.24, 2.45) is 0 Å². The minimum atomic E-state index is -1.00. The summed E-state index contributed by atoms with van der Waals surface area (Å²) in [6.45, 7) is 1.10. The molecule has 5 amide bonds. The van der Waals surface area contributed by atoms with E-state index in [4.69, 9.17) is 0 Å². The van der Waals surface area contributed by atoms with Crippen molar-refractivity contribution >= 4 is 23.8 Å². The van der Waals surface area contributed by atoms with Crippen molar-refractivity contribution < 1.29 is 19.2 Å². The van der Waals surface area contributed by atoms with Gasteiger partial charge in [0.25, 0.3) is 0 Å². The van der Waals surface area contributed by atoms with Gasteiger partial charge in [-0.25, -0.2) is 9.69 Å². The van der Waals surface area contributed by atoms with Gasteiger partial charge in [-0.15, -0.1) is 0 Å². The molecule has 1 aliphatic heterocycles. The molecule has 0 atom stereocenters. The molecule has 0 aromatic carbocycles. The summed E-state index contributed by atoms with van der Waals surface area (Å²) in [4.78, 5) is 48.7. The highest BCUT2D eigenvalue weighted by atomic mass is 16.2. The highest BCUT2D eigenvalue weighted by Crippen LogP contribution is 2.27. The monoisotopic (exact) mass is 306 g/mol. The summed E-state index contributed by atoms with van der Waals surface area (Å²) >= 11 is 0. The summed E-state index contributed by atoms with van der Waals surface area (Å²) in [5.41, 5.74) is -0.935. The van der Waals surface area contributed by atoms with Crippen LogP contribution in [0.1, 0.15) is 39.0 Å². The standard InChI is InChI=1S/C14H18N4O4/c1-2-17-11(20)12(21)18(13(17)22)8-10(19)16-14(9-15)6-4-3-5-7-14/h2-8H2,1H3,(H,16,19). The Morgan fingerprint density at radius 2 is 1.77 bits per heavy atom. The van der Waals surface area contributed by atoms with E-state index < -0.39 is 35.8 Å². The third kappa shape index (κ3) is 2.79. The van der Waals surface area contributed by atoms with Crippen molar-refractivity contribution in [1.82, 2.24) is 15.1 Å². The lowest BCUT2D eigenvalue weighted by molar-refractivity contribution is -0.144. The third-order valence-corrected chi connectivity index (χ3v) is 4.05. The maximum Gasteiger partial charge on any atom is 0.334 e. The SMILES string of the molecule is CCN1C(=O)C(=O)N(CC(=O)NC2(C#N)CCCCC2)C1=O. The van der Waals surface area contributed by atoms with E-state index in [1.807, 2.05) is 0 Å². The number of nitrogens with zero attached hydrogens (tertiary/aromatic N) is 3. The first-order valence-corrected chi connectivity index (χ1v) is 7.33. The molecular weight excluding hydrogens is 288 g/mol. The lowest BCUT2D eigenvalue weighted by Gasteiger charge is -2.31. The van der Waals surface area contributed by atoms with Crippen LogP contribution in [0.2, 0.25) is 0 Å². The maximum absolute atomic E-state index is 12.1. The number of amides is 5. The molecule has 0 unspecified atom stereocenters. The number of nitrogens with one attached hydrogen (secondary N) is 1. The molecular formula is C14H18N4O4. The Hall–Kier alpha value is -2.43. The Bertz CT molecular complexity index is 560. The molecule has 8 nitrogen and oxygen atoms in total. The lowest BCUT2D eigenvalue weighted by atomic mass is 9.83. The zero-order chi connectivity index (χ0) is 16.3. The van der Waals surface area contributed by atoms with Gasteiger partial charge < -0.3 is 5.32 Å². The molecule has 118 valence electrons. The van der Waals surface area contributed by atoms with Gasteiger partial charge in [-0.3, -0.25) is 19.3 Å². The first-order chi connectivity index (χ1) is 10.4. The number of hydrogen-bond acceptors (Lipinski definition) is 5. The third-order valence-electron chi connectivity index (χ3n) is 4.05. The van der Waals surface area contributed by atoms with Crippen LogP contribution in [0.3, 0.4) is 0 Å².